The van der Waals surface area contributed by atoms with Crippen molar-refractivity contribution < 1.29 is 37.7 Å². The Morgan fingerprint density at radius 1 is 1.00 bits per heavy atom. The maximum atomic E-state index is 14.8. The van der Waals surface area contributed by atoms with E-state index in [9.17, 15) is 14.0 Å². The molecule has 8 heteroatoms. The molecule has 0 amide bonds. The van der Waals surface area contributed by atoms with E-state index in [2.05, 4.69) is 13.5 Å². The van der Waals surface area contributed by atoms with Crippen LogP contribution in [0.15, 0.2) is 48.6 Å². The zero-order valence-electron chi connectivity index (χ0n) is 21.6. The van der Waals surface area contributed by atoms with Gasteiger partial charge in [-0.25, -0.2) is 14.0 Å². The molecule has 0 bridgehead atoms. The first-order chi connectivity index (χ1) is 17.9. The summed E-state index contributed by atoms with van der Waals surface area (Å²) in [5, 5.41) is 0. The number of benzene rings is 2. The molecule has 1 aliphatic heterocycles. The molecule has 37 heavy (non-hydrogen) atoms. The summed E-state index contributed by atoms with van der Waals surface area (Å²) in [6, 6.07) is 9.62. The molecule has 1 aliphatic rings. The van der Waals surface area contributed by atoms with Gasteiger partial charge in [-0.2, -0.15) is 0 Å². The fourth-order valence-electron chi connectivity index (χ4n) is 3.72. The molecule has 2 aromatic carbocycles. The van der Waals surface area contributed by atoms with Gasteiger partial charge in [0, 0.05) is 17.2 Å². The summed E-state index contributed by atoms with van der Waals surface area (Å²) in [5.74, 6) is -0.399. The highest BCUT2D eigenvalue weighted by Gasteiger charge is 2.22. The van der Waals surface area contributed by atoms with E-state index < -0.39 is 17.9 Å². The van der Waals surface area contributed by atoms with Crippen molar-refractivity contribution in [3.8, 4) is 28.4 Å². The molecular weight excluding hydrogens is 479 g/mol. The maximum Gasteiger partial charge on any atom is 0.508 e. The van der Waals surface area contributed by atoms with Crippen LogP contribution in [-0.2, 0) is 14.3 Å². The number of esters is 1. The van der Waals surface area contributed by atoms with Gasteiger partial charge in [0.2, 0.25) is 0 Å². The Balaban J connectivity index is 1.68. The van der Waals surface area contributed by atoms with E-state index in [1.807, 2.05) is 0 Å². The molecule has 0 spiro atoms. The molecule has 200 valence electrons. The molecule has 7 nitrogen and oxygen atoms in total. The van der Waals surface area contributed by atoms with E-state index in [-0.39, 0.29) is 42.8 Å². The Bertz CT molecular complexity index is 1070. The average Bonchev–Trinajstić information content (AvgIpc) is 2.88. The maximum absolute atomic E-state index is 14.8. The van der Waals surface area contributed by atoms with Crippen molar-refractivity contribution in [3.05, 3.63) is 54.4 Å². The van der Waals surface area contributed by atoms with E-state index in [1.165, 1.54) is 25.3 Å². The van der Waals surface area contributed by atoms with Crippen molar-refractivity contribution in [2.24, 2.45) is 5.92 Å². The Hall–Kier alpha value is -3.55. The minimum Gasteiger partial charge on any atom is -0.493 e. The third-order valence-corrected chi connectivity index (χ3v) is 5.86. The van der Waals surface area contributed by atoms with Crippen LogP contribution < -0.4 is 14.2 Å². The number of carbonyl (C=O) groups is 2. The molecule has 1 heterocycles. The minimum absolute atomic E-state index is 0.128. The molecule has 0 aliphatic carbocycles. The number of halogens is 1. The van der Waals surface area contributed by atoms with Gasteiger partial charge >= 0.3 is 12.1 Å². The Kier molecular flexibility index (Phi) is 10.8. The second kappa shape index (κ2) is 14.3. The van der Waals surface area contributed by atoms with Crippen molar-refractivity contribution in [2.75, 3.05) is 26.4 Å². The summed E-state index contributed by atoms with van der Waals surface area (Å²) in [6.07, 6.45) is 6.05. The van der Waals surface area contributed by atoms with Gasteiger partial charge in [0.05, 0.1) is 19.1 Å². The first-order valence-corrected chi connectivity index (χ1v) is 12.7. The molecule has 3 rings (SSSR count). The van der Waals surface area contributed by atoms with Crippen molar-refractivity contribution in [1.82, 2.24) is 0 Å². The van der Waals surface area contributed by atoms with Crippen molar-refractivity contribution >= 4 is 12.1 Å². The average molecular weight is 515 g/mol. The SMILES string of the molecule is C=C(C)C(=O)Oc1cc(OCC2COC(=O)OC2)ccc1-c1ccc(OCCCCCCCC)c(F)c1. The van der Waals surface area contributed by atoms with Gasteiger partial charge < -0.3 is 23.7 Å². The summed E-state index contributed by atoms with van der Waals surface area (Å²) in [7, 11) is 0. The Labute approximate surface area is 217 Å². The summed E-state index contributed by atoms with van der Waals surface area (Å²) in [4.78, 5) is 23.3. The molecule has 0 N–H and O–H groups in total. The van der Waals surface area contributed by atoms with E-state index in [4.69, 9.17) is 23.7 Å². The lowest BCUT2D eigenvalue weighted by Gasteiger charge is -2.22. The fraction of sp³-hybridized carbons (Fsp3) is 0.448. The fourth-order valence-corrected chi connectivity index (χ4v) is 3.72. The van der Waals surface area contributed by atoms with Crippen molar-refractivity contribution in [2.45, 2.75) is 52.4 Å². The van der Waals surface area contributed by atoms with Gasteiger partial charge in [-0.3, -0.25) is 0 Å². The van der Waals surface area contributed by atoms with Crippen LogP contribution in [0, 0.1) is 11.7 Å². The largest absolute Gasteiger partial charge is 0.508 e. The highest BCUT2D eigenvalue weighted by molar-refractivity contribution is 5.90. The topological polar surface area (TPSA) is 80.3 Å². The summed E-state index contributed by atoms with van der Waals surface area (Å²) in [6.45, 7) is 8.43. The minimum atomic E-state index is -0.694. The summed E-state index contributed by atoms with van der Waals surface area (Å²) >= 11 is 0. The van der Waals surface area contributed by atoms with Crippen molar-refractivity contribution in [3.63, 3.8) is 0 Å². The number of carbonyl (C=O) groups excluding carboxylic acids is 2. The first-order valence-electron chi connectivity index (χ1n) is 12.7. The molecule has 1 fully saturated rings. The third-order valence-electron chi connectivity index (χ3n) is 5.86. The van der Waals surface area contributed by atoms with Gasteiger partial charge in [0.15, 0.2) is 11.6 Å². The molecule has 0 atom stereocenters. The Morgan fingerprint density at radius 3 is 2.43 bits per heavy atom. The second-order valence-corrected chi connectivity index (χ2v) is 9.14. The van der Waals surface area contributed by atoms with Crippen LogP contribution in [0.4, 0.5) is 9.18 Å². The highest BCUT2D eigenvalue weighted by atomic mass is 19.1. The Morgan fingerprint density at radius 2 is 1.73 bits per heavy atom. The molecular formula is C29H35FO7. The number of ether oxygens (including phenoxy) is 5. The molecule has 1 saturated heterocycles. The van der Waals surface area contributed by atoms with Crippen molar-refractivity contribution in [1.29, 1.82) is 0 Å². The lowest BCUT2D eigenvalue weighted by Crippen LogP contribution is -2.31. The molecule has 0 unspecified atom stereocenters. The smallest absolute Gasteiger partial charge is 0.493 e. The van der Waals surface area contributed by atoms with Crippen LogP contribution in [0.5, 0.6) is 17.2 Å². The number of hydrogen-bond donors (Lipinski definition) is 0. The zero-order chi connectivity index (χ0) is 26.6. The highest BCUT2D eigenvalue weighted by Crippen LogP contribution is 2.36. The quantitative estimate of drug-likeness (QED) is 0.118. The number of hydrogen-bond acceptors (Lipinski definition) is 7. The van der Waals surface area contributed by atoms with E-state index in [1.54, 1.807) is 37.3 Å². The van der Waals surface area contributed by atoms with E-state index >= 15 is 0 Å². The molecule has 2 aromatic rings. The summed E-state index contributed by atoms with van der Waals surface area (Å²) < 4.78 is 41.6. The van der Waals surface area contributed by atoms with Gasteiger partial charge in [-0.05, 0) is 43.2 Å². The molecule has 0 radical (unpaired) electrons. The van der Waals surface area contributed by atoms with Crippen LogP contribution in [0.2, 0.25) is 0 Å². The summed E-state index contributed by atoms with van der Waals surface area (Å²) in [5.41, 5.74) is 1.26. The van der Waals surface area contributed by atoms with Gasteiger partial charge in [0.25, 0.3) is 0 Å². The van der Waals surface area contributed by atoms with E-state index in [0.29, 0.717) is 23.5 Å². The van der Waals surface area contributed by atoms with Crippen LogP contribution in [0.25, 0.3) is 11.1 Å². The van der Waals surface area contributed by atoms with Crippen LogP contribution in [0.1, 0.15) is 52.4 Å². The normalized spacial score (nSPS) is 13.4. The number of unbranched alkanes of at least 4 members (excludes halogenated alkanes) is 5. The van der Waals surface area contributed by atoms with Gasteiger partial charge in [-0.1, -0.05) is 51.7 Å². The molecule has 0 aromatic heterocycles. The third kappa shape index (κ3) is 8.81. The van der Waals surface area contributed by atoms with Gasteiger partial charge in [0.1, 0.15) is 24.7 Å². The first kappa shape index (κ1) is 28.0. The predicted octanol–water partition coefficient (Wildman–Crippen LogP) is 6.88. The molecule has 0 saturated carbocycles. The predicted molar refractivity (Wildman–Crippen MR) is 137 cm³/mol. The van der Waals surface area contributed by atoms with Gasteiger partial charge in [-0.15, -0.1) is 0 Å². The lowest BCUT2D eigenvalue weighted by molar-refractivity contribution is -0.130. The van der Waals surface area contributed by atoms with Crippen LogP contribution >= 0.6 is 0 Å². The van der Waals surface area contributed by atoms with Crippen LogP contribution in [0.3, 0.4) is 0 Å². The van der Waals surface area contributed by atoms with E-state index in [0.717, 1.165) is 19.3 Å². The number of cyclic esters (lactones) is 2. The van der Waals surface area contributed by atoms with Crippen LogP contribution in [-0.4, -0.2) is 38.6 Å². The number of rotatable bonds is 14. The zero-order valence-corrected chi connectivity index (χ0v) is 21.6. The standard InChI is InChI=1S/C29H35FO7/c1-4-5-6-7-8-9-14-33-26-13-10-22(15-25(26)30)24-12-11-23(16-27(24)37-28(31)20(2)3)34-17-21-18-35-29(32)36-19-21/h10-13,15-16,21H,2,4-9,14,17-19H2,1,3H3. The second-order valence-electron chi connectivity index (χ2n) is 9.14. The lowest BCUT2D eigenvalue weighted by atomic mass is 10.0. The monoisotopic (exact) mass is 514 g/mol.